The Balaban J connectivity index is -0.000000234. The number of rotatable bonds is 9. The van der Waals surface area contributed by atoms with Crippen molar-refractivity contribution in [2.45, 2.75) is 54.1 Å². The molecule has 0 rings (SSSR count). The topological polar surface area (TPSA) is 82.8 Å². The molecule has 6 nitrogen and oxygen atoms in total. The normalized spacial score (nSPS) is 8.96. The minimum Gasteiger partial charge on any atom is -0.444 e. The third-order valence-electron chi connectivity index (χ3n) is 1.72. The summed E-state index contributed by atoms with van der Waals surface area (Å²) in [5.41, 5.74) is 4.78. The van der Waals surface area contributed by atoms with Gasteiger partial charge >= 0.3 is 6.09 Å². The quantitative estimate of drug-likeness (QED) is 0.480. The first-order valence-electron chi connectivity index (χ1n) is 8.93. The van der Waals surface area contributed by atoms with Gasteiger partial charge in [-0.3, -0.25) is 0 Å². The van der Waals surface area contributed by atoms with Gasteiger partial charge < -0.3 is 25.3 Å². The van der Waals surface area contributed by atoms with Gasteiger partial charge in [0, 0.05) is 13.1 Å². The molecule has 152 valence electrons. The van der Waals surface area contributed by atoms with E-state index < -0.39 is 11.7 Å². The molecular formula is C19H42N2O4. The van der Waals surface area contributed by atoms with Gasteiger partial charge in [-0.05, 0) is 20.8 Å². The minimum absolute atomic E-state index is 0.422. The summed E-state index contributed by atoms with van der Waals surface area (Å²) in [7, 11) is 0. The Hall–Kier alpha value is -1.37. The highest BCUT2D eigenvalue weighted by atomic mass is 16.6. The van der Waals surface area contributed by atoms with E-state index in [9.17, 15) is 4.79 Å². The number of ether oxygens (including phenoxy) is 3. The molecule has 1 amide bonds. The van der Waals surface area contributed by atoms with Crippen LogP contribution in [0.3, 0.4) is 0 Å². The monoisotopic (exact) mass is 362 g/mol. The molecule has 0 unspecified atom stereocenters. The summed E-state index contributed by atoms with van der Waals surface area (Å²) in [6.45, 7) is 23.1. The molecule has 0 aromatic heterocycles. The van der Waals surface area contributed by atoms with Gasteiger partial charge in [0.2, 0.25) is 0 Å². The summed E-state index contributed by atoms with van der Waals surface area (Å²) in [6, 6.07) is 0. The zero-order valence-corrected chi connectivity index (χ0v) is 17.5. The molecule has 6 heteroatoms. The maximum absolute atomic E-state index is 11.2. The van der Waals surface area contributed by atoms with E-state index in [1.165, 1.54) is 0 Å². The smallest absolute Gasteiger partial charge is 0.407 e. The first kappa shape index (κ1) is 31.4. The van der Waals surface area contributed by atoms with Gasteiger partial charge in [0.1, 0.15) is 5.60 Å². The molecule has 25 heavy (non-hydrogen) atoms. The van der Waals surface area contributed by atoms with Crippen molar-refractivity contribution in [3.05, 3.63) is 25.3 Å². The van der Waals surface area contributed by atoms with Crippen LogP contribution < -0.4 is 11.1 Å². The molecule has 0 fully saturated rings. The number of alkyl carbamates (subject to hydrolysis) is 1. The van der Waals surface area contributed by atoms with Gasteiger partial charge in [-0.2, -0.15) is 0 Å². The summed E-state index contributed by atoms with van der Waals surface area (Å²) in [6.07, 6.45) is 2.85. The van der Waals surface area contributed by atoms with E-state index in [0.29, 0.717) is 39.5 Å². The Labute approximate surface area is 155 Å². The SMILES string of the molecule is C=CC=C.CC.CC.CC(C)(C)OC(=O)NCCOCCOCCN. The van der Waals surface area contributed by atoms with Crippen LogP contribution in [0.4, 0.5) is 4.79 Å². The zero-order chi connectivity index (χ0) is 20.6. The third-order valence-corrected chi connectivity index (χ3v) is 1.72. The van der Waals surface area contributed by atoms with Gasteiger partial charge in [0.15, 0.2) is 0 Å². The van der Waals surface area contributed by atoms with Crippen LogP contribution in [0.1, 0.15) is 48.5 Å². The third kappa shape index (κ3) is 45.0. The average Bonchev–Trinajstić information content (AvgIpc) is 2.59. The van der Waals surface area contributed by atoms with Gasteiger partial charge in [-0.1, -0.05) is 53.0 Å². The number of carbonyl (C=O) groups excluding carboxylic acids is 1. The highest BCUT2D eigenvalue weighted by molar-refractivity contribution is 5.67. The van der Waals surface area contributed by atoms with Crippen LogP contribution in [-0.4, -0.2) is 51.2 Å². The molecule has 0 aliphatic heterocycles. The molecule has 0 saturated carbocycles. The van der Waals surface area contributed by atoms with Crippen LogP contribution in [0.2, 0.25) is 0 Å². The van der Waals surface area contributed by atoms with E-state index in [1.54, 1.807) is 12.2 Å². The van der Waals surface area contributed by atoms with Crippen molar-refractivity contribution in [1.29, 1.82) is 0 Å². The van der Waals surface area contributed by atoms with Crippen LogP contribution in [0.5, 0.6) is 0 Å². The lowest BCUT2D eigenvalue weighted by atomic mass is 10.2. The summed E-state index contributed by atoms with van der Waals surface area (Å²) in [5, 5.41) is 2.59. The lowest BCUT2D eigenvalue weighted by Gasteiger charge is -2.19. The first-order valence-corrected chi connectivity index (χ1v) is 8.93. The summed E-state index contributed by atoms with van der Waals surface area (Å²) < 4.78 is 15.4. The highest BCUT2D eigenvalue weighted by Crippen LogP contribution is 2.05. The van der Waals surface area contributed by atoms with E-state index in [0.717, 1.165) is 0 Å². The predicted molar refractivity (Wildman–Crippen MR) is 108 cm³/mol. The van der Waals surface area contributed by atoms with Crippen LogP contribution in [-0.2, 0) is 14.2 Å². The van der Waals surface area contributed by atoms with Crippen LogP contribution in [0, 0.1) is 0 Å². The van der Waals surface area contributed by atoms with Crippen molar-refractivity contribution < 1.29 is 19.0 Å². The van der Waals surface area contributed by atoms with Crippen molar-refractivity contribution >= 4 is 6.09 Å². The Morgan fingerprint density at radius 3 is 1.76 bits per heavy atom. The van der Waals surface area contributed by atoms with Gasteiger partial charge in [0.25, 0.3) is 0 Å². The molecule has 0 saturated heterocycles. The summed E-state index contributed by atoms with van der Waals surface area (Å²) in [5.74, 6) is 0. The molecule has 0 aliphatic rings. The second-order valence-corrected chi connectivity index (χ2v) is 4.91. The van der Waals surface area contributed by atoms with Crippen molar-refractivity contribution in [3.63, 3.8) is 0 Å². The lowest BCUT2D eigenvalue weighted by molar-refractivity contribution is 0.0412. The predicted octanol–water partition coefficient (Wildman–Crippen LogP) is 3.91. The molecule has 0 aliphatic carbocycles. The van der Waals surface area contributed by atoms with E-state index in [-0.39, 0.29) is 0 Å². The van der Waals surface area contributed by atoms with Crippen molar-refractivity contribution in [1.82, 2.24) is 5.32 Å². The Bertz CT molecular complexity index is 271. The van der Waals surface area contributed by atoms with E-state index in [1.807, 2.05) is 48.5 Å². The van der Waals surface area contributed by atoms with Gasteiger partial charge in [-0.25, -0.2) is 4.79 Å². The minimum atomic E-state index is -0.471. The molecule has 0 radical (unpaired) electrons. The summed E-state index contributed by atoms with van der Waals surface area (Å²) >= 11 is 0. The number of allylic oxidation sites excluding steroid dienone is 2. The zero-order valence-electron chi connectivity index (χ0n) is 17.5. The summed E-state index contributed by atoms with van der Waals surface area (Å²) in [4.78, 5) is 11.2. The van der Waals surface area contributed by atoms with E-state index in [2.05, 4.69) is 18.5 Å². The van der Waals surface area contributed by atoms with Crippen molar-refractivity contribution in [2.75, 3.05) is 39.5 Å². The molecular weight excluding hydrogens is 320 g/mol. The van der Waals surface area contributed by atoms with E-state index >= 15 is 0 Å². The van der Waals surface area contributed by atoms with Crippen LogP contribution in [0.25, 0.3) is 0 Å². The fourth-order valence-electron chi connectivity index (χ4n) is 0.945. The molecule has 0 bridgehead atoms. The van der Waals surface area contributed by atoms with Gasteiger partial charge in [-0.15, -0.1) is 0 Å². The lowest BCUT2D eigenvalue weighted by Crippen LogP contribution is -2.34. The number of hydrogen-bond donors (Lipinski definition) is 2. The molecule has 0 aromatic carbocycles. The van der Waals surface area contributed by atoms with Crippen molar-refractivity contribution in [2.24, 2.45) is 5.73 Å². The molecule has 0 heterocycles. The largest absolute Gasteiger partial charge is 0.444 e. The Morgan fingerprint density at radius 2 is 1.40 bits per heavy atom. The number of nitrogens with one attached hydrogen (secondary N) is 1. The molecule has 0 atom stereocenters. The Kier molecular flexibility index (Phi) is 34.5. The Morgan fingerprint density at radius 1 is 0.960 bits per heavy atom. The number of nitrogens with two attached hydrogens (primary N) is 1. The maximum atomic E-state index is 11.2. The number of amides is 1. The fourth-order valence-corrected chi connectivity index (χ4v) is 0.945. The fraction of sp³-hybridized carbons (Fsp3) is 0.737. The number of carbonyl (C=O) groups is 1. The second-order valence-electron chi connectivity index (χ2n) is 4.91. The number of hydrogen-bond acceptors (Lipinski definition) is 5. The molecule has 0 aromatic rings. The maximum Gasteiger partial charge on any atom is 0.407 e. The highest BCUT2D eigenvalue weighted by Gasteiger charge is 2.15. The standard InChI is InChI=1S/C11H24N2O4.C4H6.2C2H6/c1-11(2,3)17-10(14)13-5-7-16-9-8-15-6-4-12;1-3-4-2;2*1-2/h4-9,12H2,1-3H3,(H,13,14);3-4H,1-2H2;2*1-2H3. The second kappa shape index (κ2) is 27.5. The van der Waals surface area contributed by atoms with Crippen LogP contribution in [0.15, 0.2) is 25.3 Å². The first-order chi connectivity index (χ1) is 11.9. The molecule has 3 N–H and O–H groups in total. The van der Waals surface area contributed by atoms with E-state index in [4.69, 9.17) is 19.9 Å². The molecule has 0 spiro atoms. The average molecular weight is 363 g/mol. The van der Waals surface area contributed by atoms with Gasteiger partial charge in [0.05, 0.1) is 26.4 Å². The van der Waals surface area contributed by atoms with Crippen LogP contribution >= 0.6 is 0 Å². The van der Waals surface area contributed by atoms with Crippen molar-refractivity contribution in [3.8, 4) is 0 Å².